The molecule has 0 aliphatic carbocycles. The second-order valence-corrected chi connectivity index (χ2v) is 5.20. The number of carbonyl (C=O) groups excluding carboxylic acids is 1. The van der Waals surface area contributed by atoms with E-state index in [0.717, 1.165) is 19.3 Å². The maximum atomic E-state index is 11.6. The van der Waals surface area contributed by atoms with Crippen LogP contribution in [-0.2, 0) is 4.79 Å². The lowest BCUT2D eigenvalue weighted by atomic mass is 10.2. The zero-order valence-electron chi connectivity index (χ0n) is 11.4. The molecule has 0 saturated heterocycles. The van der Waals surface area contributed by atoms with Crippen LogP contribution in [0.3, 0.4) is 0 Å². The van der Waals surface area contributed by atoms with Crippen LogP contribution in [0.4, 0.5) is 0 Å². The van der Waals surface area contributed by atoms with Crippen molar-refractivity contribution in [2.24, 2.45) is 0 Å². The molecule has 8 heteroatoms. The van der Waals surface area contributed by atoms with E-state index in [0.29, 0.717) is 17.4 Å². The molecular weight excluding hydrogens is 282 g/mol. The lowest BCUT2D eigenvalue weighted by molar-refractivity contribution is -0.119. The summed E-state index contributed by atoms with van der Waals surface area (Å²) < 4.78 is 1.65. The van der Waals surface area contributed by atoms with Crippen LogP contribution in [0, 0.1) is 6.92 Å². The zero-order chi connectivity index (χ0) is 14.3. The Morgan fingerprint density at radius 1 is 1.42 bits per heavy atom. The van der Waals surface area contributed by atoms with Gasteiger partial charge in [-0.1, -0.05) is 31.5 Å². The smallest absolute Gasteiger partial charge is 0.226 e. The van der Waals surface area contributed by atoms with Gasteiger partial charge in [0.2, 0.25) is 11.1 Å². The number of amides is 1. The molecule has 0 aliphatic heterocycles. The Bertz CT molecular complexity index is 446. The van der Waals surface area contributed by atoms with Gasteiger partial charge in [-0.25, -0.2) is 4.68 Å². The number of rotatable bonds is 6. The molecule has 1 amide bonds. The van der Waals surface area contributed by atoms with Crippen LogP contribution >= 0.6 is 24.0 Å². The zero-order valence-corrected chi connectivity index (χ0v) is 13.0. The lowest BCUT2D eigenvalue weighted by Gasteiger charge is -2.12. The SMILES string of the molecule is CCCCCC(=O)NC(=S)Nn1c(C)nnc1SC. The summed E-state index contributed by atoms with van der Waals surface area (Å²) in [6, 6.07) is 0. The lowest BCUT2D eigenvalue weighted by Crippen LogP contribution is -2.38. The average Bonchev–Trinajstić information content (AvgIpc) is 2.70. The summed E-state index contributed by atoms with van der Waals surface area (Å²) in [5, 5.41) is 11.5. The Hall–Kier alpha value is -1.15. The van der Waals surface area contributed by atoms with Gasteiger partial charge in [0.25, 0.3) is 0 Å². The maximum absolute atomic E-state index is 11.6. The largest absolute Gasteiger partial charge is 0.302 e. The summed E-state index contributed by atoms with van der Waals surface area (Å²) in [7, 11) is 0. The normalized spacial score (nSPS) is 10.3. The Labute approximate surface area is 122 Å². The van der Waals surface area contributed by atoms with Crippen LogP contribution in [0.25, 0.3) is 0 Å². The first kappa shape index (κ1) is 15.9. The standard InChI is InChI=1S/C11H19N5OS2/c1-4-5-6-7-9(17)12-10(18)15-16-8(2)13-14-11(16)19-3/h4-7H2,1-3H3,(H2,12,15,17,18). The van der Waals surface area contributed by atoms with Gasteiger partial charge >= 0.3 is 0 Å². The monoisotopic (exact) mass is 301 g/mol. The molecule has 106 valence electrons. The Morgan fingerprint density at radius 3 is 2.79 bits per heavy atom. The molecule has 0 unspecified atom stereocenters. The number of nitrogens with zero attached hydrogens (tertiary/aromatic N) is 3. The molecule has 0 atom stereocenters. The van der Waals surface area contributed by atoms with Gasteiger partial charge in [-0.05, 0) is 31.8 Å². The number of carbonyl (C=O) groups is 1. The fourth-order valence-corrected chi connectivity index (χ4v) is 2.15. The third-order valence-electron chi connectivity index (χ3n) is 2.45. The van der Waals surface area contributed by atoms with E-state index < -0.39 is 0 Å². The van der Waals surface area contributed by atoms with Crippen LogP contribution in [0.15, 0.2) is 5.16 Å². The third-order valence-corrected chi connectivity index (χ3v) is 3.27. The molecule has 0 saturated carbocycles. The van der Waals surface area contributed by atoms with Gasteiger partial charge in [0, 0.05) is 6.42 Å². The molecule has 0 fully saturated rings. The number of thiocarbonyl (C=S) groups is 1. The quantitative estimate of drug-likeness (QED) is 0.474. The van der Waals surface area contributed by atoms with Gasteiger partial charge in [-0.15, -0.1) is 10.2 Å². The van der Waals surface area contributed by atoms with Crippen molar-refractivity contribution in [2.45, 2.75) is 44.7 Å². The number of hydrogen-bond acceptors (Lipinski definition) is 5. The molecule has 1 heterocycles. The molecule has 0 radical (unpaired) electrons. The van der Waals surface area contributed by atoms with E-state index >= 15 is 0 Å². The van der Waals surface area contributed by atoms with Gasteiger partial charge in [0.05, 0.1) is 0 Å². The van der Waals surface area contributed by atoms with Gasteiger partial charge < -0.3 is 5.32 Å². The van der Waals surface area contributed by atoms with Crippen molar-refractivity contribution < 1.29 is 4.79 Å². The average molecular weight is 301 g/mol. The first-order valence-corrected chi connectivity index (χ1v) is 7.78. The predicted molar refractivity (Wildman–Crippen MR) is 80.8 cm³/mol. The molecular formula is C11H19N5OS2. The molecule has 0 bridgehead atoms. The van der Waals surface area contributed by atoms with Gasteiger partial charge in [-0.3, -0.25) is 10.2 Å². The second kappa shape index (κ2) is 8.11. The molecule has 0 aromatic carbocycles. The first-order chi connectivity index (χ1) is 9.08. The molecule has 0 aliphatic rings. The van der Waals surface area contributed by atoms with Crippen LogP contribution < -0.4 is 10.7 Å². The number of aromatic nitrogens is 3. The molecule has 1 rings (SSSR count). The number of aryl methyl sites for hydroxylation is 1. The van der Waals surface area contributed by atoms with E-state index in [2.05, 4.69) is 27.9 Å². The molecule has 19 heavy (non-hydrogen) atoms. The predicted octanol–water partition coefficient (Wildman–Crippen LogP) is 1.83. The summed E-state index contributed by atoms with van der Waals surface area (Å²) in [6.45, 7) is 3.91. The summed E-state index contributed by atoms with van der Waals surface area (Å²) in [5.41, 5.74) is 2.90. The summed E-state index contributed by atoms with van der Waals surface area (Å²) in [6.07, 6.45) is 5.41. The van der Waals surface area contributed by atoms with Crippen LogP contribution in [0.1, 0.15) is 38.4 Å². The minimum Gasteiger partial charge on any atom is -0.302 e. The highest BCUT2D eigenvalue weighted by Gasteiger charge is 2.10. The number of nitrogens with one attached hydrogen (secondary N) is 2. The fraction of sp³-hybridized carbons (Fsp3) is 0.636. The summed E-state index contributed by atoms with van der Waals surface area (Å²) >= 11 is 6.54. The van der Waals surface area contributed by atoms with E-state index in [4.69, 9.17) is 12.2 Å². The molecule has 1 aromatic rings. The third kappa shape index (κ3) is 5.15. The van der Waals surface area contributed by atoms with E-state index in [9.17, 15) is 4.79 Å². The summed E-state index contributed by atoms with van der Waals surface area (Å²) in [4.78, 5) is 11.6. The highest BCUT2D eigenvalue weighted by molar-refractivity contribution is 7.98. The molecule has 1 aromatic heterocycles. The Kier molecular flexibility index (Phi) is 6.79. The van der Waals surface area contributed by atoms with Gasteiger partial charge in [0.1, 0.15) is 5.82 Å². The number of hydrogen-bond donors (Lipinski definition) is 2. The minimum absolute atomic E-state index is 0.0672. The molecule has 2 N–H and O–H groups in total. The first-order valence-electron chi connectivity index (χ1n) is 6.15. The summed E-state index contributed by atoms with van der Waals surface area (Å²) in [5.74, 6) is 0.620. The van der Waals surface area contributed by atoms with Crippen molar-refractivity contribution in [3.63, 3.8) is 0 Å². The van der Waals surface area contributed by atoms with Crippen molar-refractivity contribution >= 4 is 35.0 Å². The topological polar surface area (TPSA) is 71.8 Å². The number of unbranched alkanes of at least 4 members (excludes halogenated alkanes) is 2. The van der Waals surface area contributed by atoms with Crippen molar-refractivity contribution in [3.05, 3.63) is 5.82 Å². The maximum Gasteiger partial charge on any atom is 0.226 e. The molecule has 0 spiro atoms. The van der Waals surface area contributed by atoms with E-state index in [1.807, 2.05) is 13.2 Å². The van der Waals surface area contributed by atoms with Crippen LogP contribution in [0.5, 0.6) is 0 Å². The van der Waals surface area contributed by atoms with Crippen LogP contribution in [-0.4, -0.2) is 32.1 Å². The van der Waals surface area contributed by atoms with Crippen LogP contribution in [0.2, 0.25) is 0 Å². The van der Waals surface area contributed by atoms with E-state index in [1.165, 1.54) is 11.8 Å². The van der Waals surface area contributed by atoms with E-state index in [1.54, 1.807) is 4.68 Å². The highest BCUT2D eigenvalue weighted by atomic mass is 32.2. The minimum atomic E-state index is -0.0672. The van der Waals surface area contributed by atoms with Crippen molar-refractivity contribution in [2.75, 3.05) is 11.7 Å². The Morgan fingerprint density at radius 2 is 2.16 bits per heavy atom. The van der Waals surface area contributed by atoms with Crippen molar-refractivity contribution in [3.8, 4) is 0 Å². The fourth-order valence-electron chi connectivity index (χ4n) is 1.46. The Balaban J connectivity index is 2.46. The van der Waals surface area contributed by atoms with Crippen molar-refractivity contribution in [1.82, 2.24) is 20.2 Å². The van der Waals surface area contributed by atoms with Gasteiger partial charge in [-0.2, -0.15) is 0 Å². The second-order valence-electron chi connectivity index (χ2n) is 4.02. The van der Waals surface area contributed by atoms with Crippen molar-refractivity contribution in [1.29, 1.82) is 0 Å². The number of thioether (sulfide) groups is 1. The van der Waals surface area contributed by atoms with E-state index in [-0.39, 0.29) is 11.0 Å². The van der Waals surface area contributed by atoms with Gasteiger partial charge in [0.15, 0.2) is 5.11 Å². The molecule has 6 nitrogen and oxygen atoms in total. The highest BCUT2D eigenvalue weighted by Crippen LogP contribution is 2.10.